The molecule has 2 N–H and O–H groups in total. The predicted molar refractivity (Wildman–Crippen MR) is 107 cm³/mol. The Morgan fingerprint density at radius 3 is 2.86 bits per heavy atom. The zero-order valence-corrected chi connectivity index (χ0v) is 16.8. The number of nitrogens with one attached hydrogen (secondary N) is 2. The van der Waals surface area contributed by atoms with Crippen LogP contribution >= 0.6 is 0 Å². The third-order valence-electron chi connectivity index (χ3n) is 6.86. The van der Waals surface area contributed by atoms with E-state index in [9.17, 15) is 9.18 Å². The molecule has 154 valence electrons. The minimum atomic E-state index is -0.172. The van der Waals surface area contributed by atoms with Gasteiger partial charge >= 0.3 is 6.03 Å². The van der Waals surface area contributed by atoms with Crippen LogP contribution in [0.1, 0.15) is 57.4 Å². The number of fused-ring (bicyclic) bond motifs is 2. The first-order chi connectivity index (χ1) is 13.6. The minimum absolute atomic E-state index is 0.0304. The van der Waals surface area contributed by atoms with Crippen molar-refractivity contribution in [1.29, 1.82) is 0 Å². The summed E-state index contributed by atoms with van der Waals surface area (Å²) in [5, 5.41) is 6.00. The Morgan fingerprint density at radius 2 is 2.07 bits per heavy atom. The van der Waals surface area contributed by atoms with Gasteiger partial charge in [-0.05, 0) is 70.3 Å². The van der Waals surface area contributed by atoms with Crippen LogP contribution in [0.5, 0.6) is 5.75 Å². The molecule has 2 aliphatic heterocycles. The Bertz CT molecular complexity index is 703. The van der Waals surface area contributed by atoms with Crippen LogP contribution in [0.2, 0.25) is 0 Å². The van der Waals surface area contributed by atoms with Gasteiger partial charge in [0.1, 0.15) is 11.6 Å². The highest BCUT2D eigenvalue weighted by Gasteiger charge is 2.44. The van der Waals surface area contributed by atoms with Gasteiger partial charge in [-0.2, -0.15) is 0 Å². The van der Waals surface area contributed by atoms with Gasteiger partial charge in [0.25, 0.3) is 0 Å². The first-order valence-corrected chi connectivity index (χ1v) is 10.8. The molecule has 4 rings (SSSR count). The smallest absolute Gasteiger partial charge is 0.314 e. The molecule has 2 heterocycles. The number of hydrogen-bond donors (Lipinski definition) is 2. The summed E-state index contributed by atoms with van der Waals surface area (Å²) in [6, 6.07) is 5.65. The van der Waals surface area contributed by atoms with Gasteiger partial charge in [0.2, 0.25) is 0 Å². The highest BCUT2D eigenvalue weighted by atomic mass is 19.1. The van der Waals surface area contributed by atoms with E-state index in [1.165, 1.54) is 25.3 Å². The van der Waals surface area contributed by atoms with Crippen LogP contribution in [0.4, 0.5) is 9.18 Å². The molecular weight excluding hydrogens is 357 g/mol. The summed E-state index contributed by atoms with van der Waals surface area (Å²) in [6.45, 7) is 5.29. The summed E-state index contributed by atoms with van der Waals surface area (Å²) in [5.74, 6) is 0.685. The molecule has 1 aliphatic carbocycles. The number of piperidine rings is 1. The molecule has 3 aliphatic rings. The van der Waals surface area contributed by atoms with E-state index >= 15 is 0 Å². The van der Waals surface area contributed by atoms with E-state index in [0.717, 1.165) is 50.1 Å². The van der Waals surface area contributed by atoms with Crippen molar-refractivity contribution in [3.05, 3.63) is 29.6 Å². The molecule has 1 aromatic carbocycles. The molecule has 1 saturated carbocycles. The highest BCUT2D eigenvalue weighted by Crippen LogP contribution is 2.46. The molecular formula is C22H32FN3O2. The predicted octanol–water partition coefficient (Wildman–Crippen LogP) is 3.57. The number of halogens is 1. The fraction of sp³-hybridized carbons (Fsp3) is 0.682. The Labute approximate surface area is 167 Å². The normalized spacial score (nSPS) is 26.9. The fourth-order valence-corrected chi connectivity index (χ4v) is 5.26. The molecule has 2 amide bonds. The summed E-state index contributed by atoms with van der Waals surface area (Å²) in [7, 11) is 0. The van der Waals surface area contributed by atoms with Gasteiger partial charge < -0.3 is 20.3 Å². The summed E-state index contributed by atoms with van der Waals surface area (Å²) in [4.78, 5) is 14.5. The Balaban J connectivity index is 1.38. The zero-order chi connectivity index (χ0) is 19.6. The van der Waals surface area contributed by atoms with Crippen LogP contribution < -0.4 is 15.4 Å². The van der Waals surface area contributed by atoms with Crippen molar-refractivity contribution in [2.24, 2.45) is 0 Å². The van der Waals surface area contributed by atoms with E-state index in [4.69, 9.17) is 4.74 Å². The largest absolute Gasteiger partial charge is 0.492 e. The molecule has 1 saturated heterocycles. The standard InChI is InChI=1S/C22H32FN3O2/c1-2-24-21(27)25-17-5-3-4-6-18(14-17)26-11-9-22(10-12-26)15-28-20-8-7-16(23)13-19(20)22/h7-8,13,17-18H,2-6,9-12,14-15H2,1H3,(H2,24,25,27). The molecule has 1 aromatic rings. The summed E-state index contributed by atoms with van der Waals surface area (Å²) >= 11 is 0. The molecule has 1 spiro atoms. The van der Waals surface area contributed by atoms with Crippen LogP contribution in [0.25, 0.3) is 0 Å². The average molecular weight is 390 g/mol. The van der Waals surface area contributed by atoms with Crippen LogP contribution in [-0.2, 0) is 5.41 Å². The van der Waals surface area contributed by atoms with Crippen molar-refractivity contribution in [3.8, 4) is 5.75 Å². The number of carbonyl (C=O) groups is 1. The van der Waals surface area contributed by atoms with E-state index in [1.54, 1.807) is 12.1 Å². The van der Waals surface area contributed by atoms with Gasteiger partial charge in [-0.3, -0.25) is 0 Å². The number of nitrogens with zero attached hydrogens (tertiary/aromatic N) is 1. The third kappa shape index (κ3) is 3.97. The van der Waals surface area contributed by atoms with E-state index in [2.05, 4.69) is 15.5 Å². The summed E-state index contributed by atoms with van der Waals surface area (Å²) in [6.07, 6.45) is 7.69. The van der Waals surface area contributed by atoms with Crippen molar-refractivity contribution in [2.45, 2.75) is 69.4 Å². The van der Waals surface area contributed by atoms with Crippen molar-refractivity contribution >= 4 is 6.03 Å². The first-order valence-electron chi connectivity index (χ1n) is 10.8. The van der Waals surface area contributed by atoms with Crippen molar-refractivity contribution in [1.82, 2.24) is 15.5 Å². The third-order valence-corrected chi connectivity index (χ3v) is 6.86. The van der Waals surface area contributed by atoms with E-state index in [1.807, 2.05) is 6.92 Å². The SMILES string of the molecule is CCNC(=O)NC1CCCCC(N2CCC3(CC2)COc2ccc(F)cc23)C1. The second kappa shape index (κ2) is 8.27. The fourth-order valence-electron chi connectivity index (χ4n) is 5.26. The number of carbonyl (C=O) groups excluding carboxylic acids is 1. The molecule has 28 heavy (non-hydrogen) atoms. The van der Waals surface area contributed by atoms with E-state index < -0.39 is 0 Å². The van der Waals surface area contributed by atoms with Crippen LogP contribution in [-0.4, -0.2) is 49.3 Å². The molecule has 0 radical (unpaired) electrons. The van der Waals surface area contributed by atoms with Gasteiger partial charge in [-0.1, -0.05) is 12.8 Å². The van der Waals surface area contributed by atoms with Crippen molar-refractivity contribution in [3.63, 3.8) is 0 Å². The van der Waals surface area contributed by atoms with Crippen molar-refractivity contribution < 1.29 is 13.9 Å². The monoisotopic (exact) mass is 389 g/mol. The number of rotatable bonds is 3. The first kappa shape index (κ1) is 19.5. The molecule has 5 nitrogen and oxygen atoms in total. The summed E-state index contributed by atoms with van der Waals surface area (Å²) < 4.78 is 19.7. The molecule has 6 heteroatoms. The molecule has 2 fully saturated rings. The number of amides is 2. The van der Waals surface area contributed by atoms with E-state index in [-0.39, 0.29) is 23.3 Å². The Hall–Kier alpha value is -1.82. The average Bonchev–Trinajstić information content (AvgIpc) is 2.87. The lowest BCUT2D eigenvalue weighted by Gasteiger charge is -2.42. The topological polar surface area (TPSA) is 53.6 Å². The maximum Gasteiger partial charge on any atom is 0.314 e. The number of hydrogen-bond acceptors (Lipinski definition) is 3. The van der Waals surface area contributed by atoms with Gasteiger partial charge in [0.05, 0.1) is 6.61 Å². The molecule has 2 atom stereocenters. The lowest BCUT2D eigenvalue weighted by Crippen LogP contribution is -2.50. The van der Waals surface area contributed by atoms with Crippen molar-refractivity contribution in [2.75, 3.05) is 26.2 Å². The van der Waals surface area contributed by atoms with E-state index in [0.29, 0.717) is 19.2 Å². The minimum Gasteiger partial charge on any atom is -0.492 e. The van der Waals surface area contributed by atoms with Crippen LogP contribution in [0, 0.1) is 5.82 Å². The number of ether oxygens (including phenoxy) is 1. The quantitative estimate of drug-likeness (QED) is 0.777. The lowest BCUT2D eigenvalue weighted by molar-refractivity contribution is 0.0897. The molecule has 2 unspecified atom stereocenters. The number of urea groups is 1. The second-order valence-corrected chi connectivity index (χ2v) is 8.62. The van der Waals surface area contributed by atoms with Crippen LogP contribution in [0.15, 0.2) is 18.2 Å². The molecule has 0 bridgehead atoms. The Morgan fingerprint density at radius 1 is 1.29 bits per heavy atom. The van der Waals surface area contributed by atoms with Gasteiger partial charge in [0.15, 0.2) is 0 Å². The second-order valence-electron chi connectivity index (χ2n) is 8.62. The maximum absolute atomic E-state index is 13.8. The molecule has 0 aromatic heterocycles. The zero-order valence-electron chi connectivity index (χ0n) is 16.8. The van der Waals surface area contributed by atoms with Gasteiger partial charge in [-0.15, -0.1) is 0 Å². The van der Waals surface area contributed by atoms with Gasteiger partial charge in [-0.25, -0.2) is 9.18 Å². The highest BCUT2D eigenvalue weighted by molar-refractivity contribution is 5.74. The maximum atomic E-state index is 13.8. The number of benzene rings is 1. The van der Waals surface area contributed by atoms with Crippen LogP contribution in [0.3, 0.4) is 0 Å². The Kier molecular flexibility index (Phi) is 5.76. The summed E-state index contributed by atoms with van der Waals surface area (Å²) in [5.41, 5.74) is 1.03. The number of likely N-dealkylation sites (tertiary alicyclic amines) is 1. The lowest BCUT2D eigenvalue weighted by atomic mass is 9.74. The van der Waals surface area contributed by atoms with Gasteiger partial charge in [0, 0.05) is 29.6 Å².